The van der Waals surface area contributed by atoms with Crippen molar-refractivity contribution >= 4 is 12.0 Å². The van der Waals surface area contributed by atoms with Crippen molar-refractivity contribution in [3.05, 3.63) is 69.8 Å². The van der Waals surface area contributed by atoms with Gasteiger partial charge in [-0.3, -0.25) is 0 Å². The van der Waals surface area contributed by atoms with Gasteiger partial charge >= 0.3 is 5.97 Å². The van der Waals surface area contributed by atoms with Crippen LogP contribution >= 0.6 is 0 Å². The highest BCUT2D eigenvalue weighted by atomic mass is 16.5. The first kappa shape index (κ1) is 20.7. The number of hydrogen-bond acceptors (Lipinski definition) is 2. The van der Waals surface area contributed by atoms with E-state index in [2.05, 4.69) is 59.7 Å². The summed E-state index contributed by atoms with van der Waals surface area (Å²) in [6.07, 6.45) is 5.22. The largest absolute Gasteiger partial charge is 0.492 e. The molecule has 0 bridgehead atoms. The molecule has 2 aliphatic rings. The van der Waals surface area contributed by atoms with E-state index in [1.54, 1.807) is 6.08 Å². The molecule has 3 heteroatoms. The Bertz CT molecular complexity index is 1060. The van der Waals surface area contributed by atoms with E-state index < -0.39 is 5.97 Å². The Balaban J connectivity index is 1.87. The summed E-state index contributed by atoms with van der Waals surface area (Å²) >= 11 is 0. The highest BCUT2D eigenvalue weighted by Crippen LogP contribution is 2.50. The number of aryl methyl sites for hydroxylation is 1. The maximum Gasteiger partial charge on any atom is 0.328 e. The van der Waals surface area contributed by atoms with Gasteiger partial charge in [0.1, 0.15) is 12.4 Å². The Morgan fingerprint density at radius 3 is 2.20 bits per heavy atom. The van der Waals surface area contributed by atoms with Crippen LogP contribution in [-0.4, -0.2) is 17.7 Å². The van der Waals surface area contributed by atoms with E-state index in [4.69, 9.17) is 9.84 Å². The Hall–Kier alpha value is -2.55. The first-order valence-corrected chi connectivity index (χ1v) is 10.8. The summed E-state index contributed by atoms with van der Waals surface area (Å²) in [7, 11) is 0. The number of rotatable bonds is 3. The Morgan fingerprint density at radius 1 is 0.933 bits per heavy atom. The minimum absolute atomic E-state index is 0.151. The molecular weight excluding hydrogens is 372 g/mol. The van der Waals surface area contributed by atoms with Gasteiger partial charge in [0.05, 0.1) is 5.41 Å². The summed E-state index contributed by atoms with van der Waals surface area (Å²) in [6.45, 7) is 14.5. The van der Waals surface area contributed by atoms with Crippen molar-refractivity contribution in [3.63, 3.8) is 0 Å². The van der Waals surface area contributed by atoms with Crippen molar-refractivity contribution in [2.75, 3.05) is 6.61 Å². The van der Waals surface area contributed by atoms with E-state index in [1.165, 1.54) is 41.2 Å². The summed E-state index contributed by atoms with van der Waals surface area (Å²) in [5.41, 5.74) is 7.62. The highest BCUT2D eigenvalue weighted by Gasteiger charge is 2.42. The monoisotopic (exact) mass is 404 g/mol. The molecular formula is C27H32O3. The lowest BCUT2D eigenvalue weighted by atomic mass is 9.61. The highest BCUT2D eigenvalue weighted by molar-refractivity contribution is 5.85. The number of benzene rings is 2. The van der Waals surface area contributed by atoms with Crippen LogP contribution in [0, 0.1) is 6.92 Å². The number of carboxylic acids is 1. The van der Waals surface area contributed by atoms with E-state index in [9.17, 15) is 4.79 Å². The second-order valence-corrected chi connectivity index (χ2v) is 10.5. The zero-order chi connectivity index (χ0) is 21.9. The molecule has 1 aliphatic carbocycles. The van der Waals surface area contributed by atoms with Crippen molar-refractivity contribution < 1.29 is 14.6 Å². The van der Waals surface area contributed by atoms with E-state index >= 15 is 0 Å². The molecule has 0 saturated heterocycles. The molecule has 0 radical (unpaired) electrons. The fourth-order valence-corrected chi connectivity index (χ4v) is 5.22. The number of hydrogen-bond donors (Lipinski definition) is 1. The molecule has 0 fully saturated rings. The molecule has 2 aromatic carbocycles. The summed E-state index contributed by atoms with van der Waals surface area (Å²) in [5.74, 6) is -0.0495. The number of ether oxygens (including phenoxy) is 1. The van der Waals surface area contributed by atoms with Gasteiger partial charge in [-0.25, -0.2) is 4.79 Å². The number of aliphatic carboxylic acids is 1. The van der Waals surface area contributed by atoms with Crippen LogP contribution < -0.4 is 4.74 Å². The fraction of sp³-hybridized carbons (Fsp3) is 0.444. The Labute approximate surface area is 179 Å². The molecule has 2 aromatic rings. The molecule has 0 amide bonds. The van der Waals surface area contributed by atoms with E-state index in [0.717, 1.165) is 16.9 Å². The smallest absolute Gasteiger partial charge is 0.328 e. The second kappa shape index (κ2) is 6.73. The molecule has 1 unspecified atom stereocenters. The quantitative estimate of drug-likeness (QED) is 0.625. The lowest BCUT2D eigenvalue weighted by Crippen LogP contribution is -2.35. The molecule has 0 aromatic heterocycles. The van der Waals surface area contributed by atoms with Crippen LogP contribution in [0.15, 0.2) is 36.4 Å². The maximum atomic E-state index is 10.9. The van der Waals surface area contributed by atoms with Crippen LogP contribution in [0.3, 0.4) is 0 Å². The first-order valence-electron chi connectivity index (χ1n) is 10.8. The average molecular weight is 405 g/mol. The first-order chi connectivity index (χ1) is 13.9. The van der Waals surface area contributed by atoms with Gasteiger partial charge in [0.25, 0.3) is 0 Å². The molecule has 1 aliphatic heterocycles. The van der Waals surface area contributed by atoms with Crippen LogP contribution in [0.2, 0.25) is 0 Å². The Kier molecular flexibility index (Phi) is 4.65. The lowest BCUT2D eigenvalue weighted by molar-refractivity contribution is -0.131. The third kappa shape index (κ3) is 3.25. The van der Waals surface area contributed by atoms with Crippen LogP contribution in [0.1, 0.15) is 80.8 Å². The van der Waals surface area contributed by atoms with Crippen molar-refractivity contribution in [2.24, 2.45) is 0 Å². The molecule has 0 spiro atoms. The van der Waals surface area contributed by atoms with Crippen LogP contribution in [0.5, 0.6) is 5.75 Å². The minimum Gasteiger partial charge on any atom is -0.492 e. The normalized spacial score (nSPS) is 23.7. The maximum absolute atomic E-state index is 10.9. The van der Waals surface area contributed by atoms with Crippen molar-refractivity contribution in [2.45, 2.75) is 70.6 Å². The van der Waals surface area contributed by atoms with Gasteiger partial charge in [0, 0.05) is 11.6 Å². The molecule has 0 saturated carbocycles. The predicted octanol–water partition coefficient (Wildman–Crippen LogP) is 6.14. The zero-order valence-corrected chi connectivity index (χ0v) is 18.9. The van der Waals surface area contributed by atoms with Crippen molar-refractivity contribution in [1.82, 2.24) is 0 Å². The lowest BCUT2D eigenvalue weighted by Gasteiger charge is -2.43. The third-order valence-electron chi connectivity index (χ3n) is 7.33. The van der Waals surface area contributed by atoms with Crippen molar-refractivity contribution in [3.8, 4) is 5.75 Å². The third-order valence-corrected chi connectivity index (χ3v) is 7.33. The van der Waals surface area contributed by atoms with E-state index in [1.807, 2.05) is 12.1 Å². The molecule has 4 rings (SSSR count). The van der Waals surface area contributed by atoms with Gasteiger partial charge < -0.3 is 9.84 Å². The molecule has 158 valence electrons. The number of fused-ring (bicyclic) bond motifs is 2. The summed E-state index contributed by atoms with van der Waals surface area (Å²) in [4.78, 5) is 10.9. The molecule has 1 heterocycles. The summed E-state index contributed by atoms with van der Waals surface area (Å²) < 4.78 is 6.10. The summed E-state index contributed by atoms with van der Waals surface area (Å²) in [5, 5.41) is 8.98. The summed E-state index contributed by atoms with van der Waals surface area (Å²) in [6, 6.07) is 10.8. The number of carbonyl (C=O) groups is 1. The fourth-order valence-electron chi connectivity index (χ4n) is 5.22. The van der Waals surface area contributed by atoms with E-state index in [0.29, 0.717) is 6.61 Å². The van der Waals surface area contributed by atoms with Gasteiger partial charge in [-0.1, -0.05) is 45.9 Å². The van der Waals surface area contributed by atoms with E-state index in [-0.39, 0.29) is 16.2 Å². The number of carboxylic acid groups (broad SMARTS) is 1. The Morgan fingerprint density at radius 2 is 1.57 bits per heavy atom. The minimum atomic E-state index is -0.940. The zero-order valence-electron chi connectivity index (χ0n) is 18.9. The van der Waals surface area contributed by atoms with Crippen LogP contribution in [0.4, 0.5) is 0 Å². The topological polar surface area (TPSA) is 46.5 Å². The standard InChI is InChI=1S/C27H32O3/c1-17-13-20-21(26(4,5)12-11-25(20,2)3)15-19(17)27(6)16-30-23-9-7-18(14-22(23)27)8-10-24(28)29/h7-10,13-15H,11-12,16H2,1-6H3,(H,28,29)/b10-8+. The van der Waals surface area contributed by atoms with Crippen LogP contribution in [-0.2, 0) is 21.0 Å². The van der Waals surface area contributed by atoms with Gasteiger partial charge in [0.15, 0.2) is 0 Å². The van der Waals surface area contributed by atoms with Gasteiger partial charge in [0.2, 0.25) is 0 Å². The van der Waals surface area contributed by atoms with Gasteiger partial charge in [-0.2, -0.15) is 0 Å². The molecule has 1 N–H and O–H groups in total. The van der Waals surface area contributed by atoms with Crippen LogP contribution in [0.25, 0.3) is 6.08 Å². The second-order valence-electron chi connectivity index (χ2n) is 10.5. The van der Waals surface area contributed by atoms with Gasteiger partial charge in [-0.15, -0.1) is 0 Å². The predicted molar refractivity (Wildman–Crippen MR) is 122 cm³/mol. The average Bonchev–Trinajstić information content (AvgIpc) is 3.01. The van der Waals surface area contributed by atoms with Crippen molar-refractivity contribution in [1.29, 1.82) is 0 Å². The molecule has 30 heavy (non-hydrogen) atoms. The van der Waals surface area contributed by atoms with Gasteiger partial charge in [-0.05, 0) is 83.5 Å². The molecule has 1 atom stereocenters. The molecule has 3 nitrogen and oxygen atoms in total. The SMILES string of the molecule is Cc1cc2c(cc1C1(C)COc3ccc(/C=C/C(=O)O)cc31)C(C)(C)CCC2(C)C.